The summed E-state index contributed by atoms with van der Waals surface area (Å²) in [5, 5.41) is 15.3. The molecule has 2 heterocycles. The van der Waals surface area contributed by atoms with Gasteiger partial charge in [-0.1, -0.05) is 18.2 Å². The summed E-state index contributed by atoms with van der Waals surface area (Å²) < 4.78 is 42.8. The molecule has 0 fully saturated rings. The second-order valence-corrected chi connectivity index (χ2v) is 7.53. The quantitative estimate of drug-likeness (QED) is 0.533. The van der Waals surface area contributed by atoms with Gasteiger partial charge in [0.25, 0.3) is 5.91 Å². The number of carbonyl (C=O) groups excluding carboxylic acids is 2. The lowest BCUT2D eigenvalue weighted by Gasteiger charge is -2.17. The average Bonchev–Trinajstić information content (AvgIpc) is 3.22. The first-order valence-electron chi connectivity index (χ1n) is 10.3. The largest absolute Gasteiger partial charge is 0.418 e. The molecule has 11 heteroatoms. The number of aryl methyl sites for hydroxylation is 1. The van der Waals surface area contributed by atoms with Gasteiger partial charge in [-0.05, 0) is 43.2 Å². The van der Waals surface area contributed by atoms with Gasteiger partial charge in [0.2, 0.25) is 0 Å². The van der Waals surface area contributed by atoms with Gasteiger partial charge in [0.15, 0.2) is 5.82 Å². The molecule has 0 radical (unpaired) electrons. The predicted octanol–water partition coefficient (Wildman–Crippen LogP) is 4.21. The first-order valence-corrected chi connectivity index (χ1v) is 10.3. The molecule has 0 unspecified atom stereocenters. The molecule has 0 bridgehead atoms. The summed E-state index contributed by atoms with van der Waals surface area (Å²) in [4.78, 5) is 24.5. The number of anilines is 2. The van der Waals surface area contributed by atoms with Crippen LogP contribution >= 0.6 is 0 Å². The maximum Gasteiger partial charge on any atom is 0.418 e. The van der Waals surface area contributed by atoms with Crippen LogP contribution in [0.3, 0.4) is 0 Å². The van der Waals surface area contributed by atoms with Gasteiger partial charge in [-0.15, -0.1) is 10.2 Å². The molecular weight excluding hydrogens is 437 g/mol. The summed E-state index contributed by atoms with van der Waals surface area (Å²) in [6.07, 6.45) is -1.94. The van der Waals surface area contributed by atoms with Crippen LogP contribution in [0.5, 0.6) is 0 Å². The Balaban J connectivity index is 1.44. The third-order valence-corrected chi connectivity index (χ3v) is 5.21. The van der Waals surface area contributed by atoms with Crippen LogP contribution in [0.15, 0.2) is 48.5 Å². The number of rotatable bonds is 5. The number of benzene rings is 2. The predicted molar refractivity (Wildman–Crippen MR) is 115 cm³/mol. The molecule has 4 rings (SSSR count). The third kappa shape index (κ3) is 5.30. The zero-order valence-corrected chi connectivity index (χ0v) is 17.4. The fourth-order valence-corrected chi connectivity index (χ4v) is 3.58. The van der Waals surface area contributed by atoms with Crippen LogP contribution in [-0.2, 0) is 25.7 Å². The summed E-state index contributed by atoms with van der Waals surface area (Å²) in [6, 6.07) is 10.5. The minimum Gasteiger partial charge on any atom is -0.331 e. The Hall–Kier alpha value is -3.89. The molecule has 1 aliphatic rings. The lowest BCUT2D eigenvalue weighted by atomic mass is 10.1. The van der Waals surface area contributed by atoms with Gasteiger partial charge in [-0.25, -0.2) is 4.79 Å². The maximum absolute atomic E-state index is 13.6. The molecular formula is C22H21F3N6O2. The first-order chi connectivity index (χ1) is 15.8. The number of nitrogens with one attached hydrogen (secondary N) is 3. The van der Waals surface area contributed by atoms with Gasteiger partial charge < -0.3 is 20.5 Å². The molecule has 8 nitrogen and oxygen atoms in total. The van der Waals surface area contributed by atoms with Crippen molar-refractivity contribution in [2.45, 2.75) is 38.5 Å². The number of alkyl halides is 3. The molecule has 1 aromatic heterocycles. The van der Waals surface area contributed by atoms with Crippen LogP contribution < -0.4 is 16.0 Å². The summed E-state index contributed by atoms with van der Waals surface area (Å²) in [7, 11) is 0. The van der Waals surface area contributed by atoms with E-state index in [9.17, 15) is 22.8 Å². The van der Waals surface area contributed by atoms with Crippen molar-refractivity contribution in [1.29, 1.82) is 0 Å². The Morgan fingerprint density at radius 3 is 2.55 bits per heavy atom. The SMILES string of the molecule is O=C(NCc1nnc2n1CCCC2)Nc1ccc(NC(=O)c2ccccc2)cc1C(F)(F)F. The lowest BCUT2D eigenvalue weighted by Crippen LogP contribution is -2.30. The Labute approximate surface area is 187 Å². The molecule has 33 heavy (non-hydrogen) atoms. The number of nitrogens with zero attached hydrogens (tertiary/aromatic N) is 3. The van der Waals surface area contributed by atoms with Gasteiger partial charge >= 0.3 is 12.2 Å². The number of amides is 3. The molecule has 0 saturated heterocycles. The minimum atomic E-state index is -4.75. The highest BCUT2D eigenvalue weighted by molar-refractivity contribution is 6.04. The Kier molecular flexibility index (Phi) is 6.29. The van der Waals surface area contributed by atoms with E-state index in [0.29, 0.717) is 11.4 Å². The van der Waals surface area contributed by atoms with Crippen LogP contribution in [-0.4, -0.2) is 26.7 Å². The van der Waals surface area contributed by atoms with E-state index in [2.05, 4.69) is 26.1 Å². The zero-order chi connectivity index (χ0) is 23.4. The van der Waals surface area contributed by atoms with Crippen molar-refractivity contribution in [3.63, 3.8) is 0 Å². The number of hydrogen-bond acceptors (Lipinski definition) is 4. The van der Waals surface area contributed by atoms with E-state index < -0.39 is 29.4 Å². The molecule has 3 amide bonds. The van der Waals surface area contributed by atoms with Crippen LogP contribution in [0, 0.1) is 0 Å². The summed E-state index contributed by atoms with van der Waals surface area (Å²) in [6.45, 7) is 0.779. The fourth-order valence-electron chi connectivity index (χ4n) is 3.58. The number of hydrogen-bond donors (Lipinski definition) is 3. The highest BCUT2D eigenvalue weighted by atomic mass is 19.4. The Morgan fingerprint density at radius 2 is 1.79 bits per heavy atom. The van der Waals surface area contributed by atoms with Crippen LogP contribution in [0.4, 0.5) is 29.3 Å². The highest BCUT2D eigenvalue weighted by Crippen LogP contribution is 2.36. The fraction of sp³-hybridized carbons (Fsp3) is 0.273. The number of carbonyl (C=O) groups is 2. The molecule has 0 saturated carbocycles. The molecule has 0 atom stereocenters. The lowest BCUT2D eigenvalue weighted by molar-refractivity contribution is -0.136. The van der Waals surface area contributed by atoms with E-state index in [0.717, 1.165) is 43.8 Å². The molecule has 3 N–H and O–H groups in total. The van der Waals surface area contributed by atoms with Crippen LogP contribution in [0.2, 0.25) is 0 Å². The van der Waals surface area contributed by atoms with Crippen LogP contribution in [0.1, 0.15) is 40.4 Å². The van der Waals surface area contributed by atoms with Crippen molar-refractivity contribution in [3.8, 4) is 0 Å². The molecule has 172 valence electrons. The average molecular weight is 458 g/mol. The van der Waals surface area contributed by atoms with Crippen molar-refractivity contribution < 1.29 is 22.8 Å². The molecule has 1 aliphatic heterocycles. The van der Waals surface area contributed by atoms with Gasteiger partial charge in [-0.3, -0.25) is 4.79 Å². The van der Waals surface area contributed by atoms with E-state index >= 15 is 0 Å². The smallest absolute Gasteiger partial charge is 0.331 e. The molecule has 2 aromatic carbocycles. The van der Waals surface area contributed by atoms with E-state index in [1.54, 1.807) is 30.3 Å². The normalized spacial score (nSPS) is 13.2. The van der Waals surface area contributed by atoms with Gasteiger partial charge in [0, 0.05) is 24.2 Å². The molecule has 0 aliphatic carbocycles. The van der Waals surface area contributed by atoms with Crippen molar-refractivity contribution in [2.24, 2.45) is 0 Å². The van der Waals surface area contributed by atoms with Gasteiger partial charge in [-0.2, -0.15) is 13.2 Å². The summed E-state index contributed by atoms with van der Waals surface area (Å²) in [5.74, 6) is 0.847. The first kappa shape index (κ1) is 22.3. The van der Waals surface area contributed by atoms with Gasteiger partial charge in [0.1, 0.15) is 5.82 Å². The molecule has 0 spiro atoms. The highest BCUT2D eigenvalue weighted by Gasteiger charge is 2.34. The Bertz CT molecular complexity index is 1160. The van der Waals surface area contributed by atoms with E-state index in [1.807, 2.05) is 4.57 Å². The monoisotopic (exact) mass is 458 g/mol. The van der Waals surface area contributed by atoms with Gasteiger partial charge in [0.05, 0.1) is 17.8 Å². The van der Waals surface area contributed by atoms with Crippen molar-refractivity contribution in [1.82, 2.24) is 20.1 Å². The van der Waals surface area contributed by atoms with Crippen molar-refractivity contribution >= 4 is 23.3 Å². The Morgan fingerprint density at radius 1 is 1.00 bits per heavy atom. The number of fused-ring (bicyclic) bond motifs is 1. The minimum absolute atomic E-state index is 0.0331. The zero-order valence-electron chi connectivity index (χ0n) is 17.4. The van der Waals surface area contributed by atoms with Crippen molar-refractivity contribution in [2.75, 3.05) is 10.6 Å². The summed E-state index contributed by atoms with van der Waals surface area (Å²) >= 11 is 0. The molecule has 3 aromatic rings. The number of urea groups is 1. The number of aromatic nitrogens is 3. The standard InChI is InChI=1S/C22H21F3N6O2/c23-22(24,25)16-12-15(27-20(32)14-6-2-1-3-7-14)9-10-17(16)28-21(33)26-13-19-30-29-18-8-4-5-11-31(18)19/h1-3,6-7,9-10,12H,4-5,8,11,13H2,(H,27,32)(H2,26,28,33). The third-order valence-electron chi connectivity index (χ3n) is 5.21. The van der Waals surface area contributed by atoms with E-state index in [1.165, 1.54) is 6.07 Å². The van der Waals surface area contributed by atoms with Crippen molar-refractivity contribution in [3.05, 3.63) is 71.3 Å². The topological polar surface area (TPSA) is 101 Å². The summed E-state index contributed by atoms with van der Waals surface area (Å²) in [5.41, 5.74) is -1.25. The van der Waals surface area contributed by atoms with E-state index in [4.69, 9.17) is 0 Å². The number of halogens is 3. The second kappa shape index (κ2) is 9.31. The second-order valence-electron chi connectivity index (χ2n) is 7.53. The maximum atomic E-state index is 13.6. The van der Waals surface area contributed by atoms with Crippen LogP contribution in [0.25, 0.3) is 0 Å². The van der Waals surface area contributed by atoms with E-state index in [-0.39, 0.29) is 12.2 Å².